The highest BCUT2D eigenvalue weighted by Gasteiger charge is 2.29. The third-order valence-corrected chi connectivity index (χ3v) is 6.59. The van der Waals surface area contributed by atoms with Gasteiger partial charge in [-0.2, -0.15) is 0 Å². The molecule has 0 aromatic carbocycles. The summed E-state index contributed by atoms with van der Waals surface area (Å²) in [6, 6.07) is 0. The maximum atomic E-state index is 8.11. The van der Waals surface area contributed by atoms with Crippen molar-refractivity contribution in [3.8, 4) is 0 Å². The summed E-state index contributed by atoms with van der Waals surface area (Å²) in [4.78, 5) is 8.11. The second-order valence-electron chi connectivity index (χ2n) is 9.71. The summed E-state index contributed by atoms with van der Waals surface area (Å²) < 4.78 is 6.98. The number of morpholine rings is 1. The van der Waals surface area contributed by atoms with Crippen molar-refractivity contribution in [3.05, 3.63) is 4.91 Å². The van der Waals surface area contributed by atoms with E-state index in [1.165, 1.54) is 132 Å². The SMILES string of the molecule is CCCCCCCCCCCCCCCC[N+]1(CCC(C)C)CCOCC1.O=NO. The molecule has 0 unspecified atom stereocenters. The van der Waals surface area contributed by atoms with Gasteiger partial charge < -0.3 is 14.4 Å². The van der Waals surface area contributed by atoms with Crippen LogP contribution in [0.1, 0.15) is 117 Å². The minimum atomic E-state index is 0.833. The van der Waals surface area contributed by atoms with Crippen LogP contribution in [-0.2, 0) is 4.74 Å². The zero-order valence-electron chi connectivity index (χ0n) is 20.6. The molecule has 0 bridgehead atoms. The number of rotatable bonds is 18. The van der Waals surface area contributed by atoms with Crippen LogP contribution in [-0.4, -0.2) is 49.1 Å². The van der Waals surface area contributed by atoms with Gasteiger partial charge in [0.25, 0.3) is 0 Å². The molecule has 180 valence electrons. The molecule has 1 saturated heterocycles. The molecule has 30 heavy (non-hydrogen) atoms. The highest BCUT2D eigenvalue weighted by molar-refractivity contribution is 4.55. The lowest BCUT2D eigenvalue weighted by Gasteiger charge is -2.42. The van der Waals surface area contributed by atoms with Crippen molar-refractivity contribution in [3.63, 3.8) is 0 Å². The number of nitrogens with zero attached hydrogens (tertiary/aromatic N) is 2. The molecule has 0 atom stereocenters. The molecule has 1 fully saturated rings. The molecule has 1 N–H and O–H groups in total. The van der Waals surface area contributed by atoms with E-state index >= 15 is 0 Å². The van der Waals surface area contributed by atoms with Crippen LogP contribution in [0.2, 0.25) is 0 Å². The second kappa shape index (κ2) is 21.5. The normalized spacial score (nSPS) is 15.6. The Bertz CT molecular complexity index is 358. The van der Waals surface area contributed by atoms with Crippen LogP contribution in [0.25, 0.3) is 0 Å². The maximum Gasteiger partial charge on any atom is 0.152 e. The molecule has 1 aliphatic rings. The van der Waals surface area contributed by atoms with Gasteiger partial charge in [0.15, 0.2) is 5.34 Å². The van der Waals surface area contributed by atoms with E-state index in [0.717, 1.165) is 19.1 Å². The molecule has 0 radical (unpaired) electrons. The van der Waals surface area contributed by atoms with Gasteiger partial charge in [-0.15, -0.1) is 4.91 Å². The van der Waals surface area contributed by atoms with Crippen molar-refractivity contribution >= 4 is 0 Å². The molecule has 0 spiro atoms. The summed E-state index contributed by atoms with van der Waals surface area (Å²) >= 11 is 0. The van der Waals surface area contributed by atoms with Crippen molar-refractivity contribution < 1.29 is 14.4 Å². The van der Waals surface area contributed by atoms with Gasteiger partial charge in [0.05, 0.1) is 26.3 Å². The Kier molecular flexibility index (Phi) is 21.1. The van der Waals surface area contributed by atoms with Gasteiger partial charge in [0, 0.05) is 0 Å². The number of unbranched alkanes of at least 4 members (excludes halogenated alkanes) is 13. The minimum Gasteiger partial charge on any atom is -0.379 e. The number of hydrogen-bond donors (Lipinski definition) is 1. The van der Waals surface area contributed by atoms with Crippen molar-refractivity contribution in [2.75, 3.05) is 39.4 Å². The second-order valence-corrected chi connectivity index (χ2v) is 9.71. The van der Waals surface area contributed by atoms with E-state index in [-0.39, 0.29) is 0 Å². The molecular weight excluding hydrogens is 376 g/mol. The third-order valence-electron chi connectivity index (χ3n) is 6.59. The van der Waals surface area contributed by atoms with Gasteiger partial charge in [-0.25, -0.2) is 0 Å². The predicted molar refractivity (Wildman–Crippen MR) is 128 cm³/mol. The molecule has 5 heteroatoms. The molecule has 0 saturated carbocycles. The van der Waals surface area contributed by atoms with Crippen molar-refractivity contribution in [1.82, 2.24) is 0 Å². The molecule has 0 amide bonds. The molecule has 0 aromatic heterocycles. The van der Waals surface area contributed by atoms with Crippen molar-refractivity contribution in [1.29, 1.82) is 0 Å². The van der Waals surface area contributed by atoms with Crippen LogP contribution in [0.5, 0.6) is 0 Å². The van der Waals surface area contributed by atoms with Crippen LogP contribution < -0.4 is 0 Å². The van der Waals surface area contributed by atoms with Crippen LogP contribution in [0.3, 0.4) is 0 Å². The van der Waals surface area contributed by atoms with Crippen LogP contribution >= 0.6 is 0 Å². The Morgan fingerprint density at radius 3 is 1.57 bits per heavy atom. The maximum absolute atomic E-state index is 8.11. The molecule has 1 aliphatic heterocycles. The quantitative estimate of drug-likeness (QED) is 0.106. The Morgan fingerprint density at radius 1 is 0.767 bits per heavy atom. The Hall–Kier alpha value is -0.680. The Balaban J connectivity index is 0.00000263. The van der Waals surface area contributed by atoms with Crippen molar-refractivity contribution in [2.24, 2.45) is 11.3 Å². The topological polar surface area (TPSA) is 58.9 Å². The fourth-order valence-electron chi connectivity index (χ4n) is 4.46. The van der Waals surface area contributed by atoms with E-state index in [1.54, 1.807) is 0 Å². The summed E-state index contributed by atoms with van der Waals surface area (Å²) in [5, 5.41) is 7.89. The Labute approximate surface area is 187 Å². The fourth-order valence-corrected chi connectivity index (χ4v) is 4.46. The van der Waals surface area contributed by atoms with E-state index in [4.69, 9.17) is 14.9 Å². The van der Waals surface area contributed by atoms with Gasteiger partial charge in [0.1, 0.15) is 13.1 Å². The lowest BCUT2D eigenvalue weighted by molar-refractivity contribution is -0.935. The van der Waals surface area contributed by atoms with Crippen LogP contribution in [0, 0.1) is 10.8 Å². The van der Waals surface area contributed by atoms with E-state index in [1.807, 2.05) is 0 Å². The highest BCUT2D eigenvalue weighted by Crippen LogP contribution is 2.18. The lowest BCUT2D eigenvalue weighted by Crippen LogP contribution is -2.56. The molecule has 5 nitrogen and oxygen atoms in total. The van der Waals surface area contributed by atoms with E-state index in [2.05, 4.69) is 20.8 Å². The molecule has 0 aliphatic carbocycles. The average molecular weight is 430 g/mol. The average Bonchev–Trinajstić information content (AvgIpc) is 2.74. The first-order valence-corrected chi connectivity index (χ1v) is 13.0. The fraction of sp³-hybridized carbons (Fsp3) is 1.00. The summed E-state index contributed by atoms with van der Waals surface area (Å²) in [5.74, 6) is 0.833. The molecule has 0 aromatic rings. The highest BCUT2D eigenvalue weighted by atomic mass is 16.6. The monoisotopic (exact) mass is 429 g/mol. The van der Waals surface area contributed by atoms with E-state index in [0.29, 0.717) is 0 Å². The van der Waals surface area contributed by atoms with Gasteiger partial charge >= 0.3 is 0 Å². The number of quaternary nitrogens is 1. The molecule has 1 heterocycles. The van der Waals surface area contributed by atoms with Gasteiger partial charge in [-0.1, -0.05) is 97.8 Å². The first-order chi connectivity index (χ1) is 14.6. The van der Waals surface area contributed by atoms with Gasteiger partial charge in [-0.3, -0.25) is 0 Å². The minimum absolute atomic E-state index is 0.833. The predicted octanol–water partition coefficient (Wildman–Crippen LogP) is 7.50. The summed E-state index contributed by atoms with van der Waals surface area (Å²) in [7, 11) is 0. The summed E-state index contributed by atoms with van der Waals surface area (Å²) in [6.07, 6.45) is 21.7. The van der Waals surface area contributed by atoms with Gasteiger partial charge in [-0.05, 0) is 25.2 Å². The van der Waals surface area contributed by atoms with Crippen LogP contribution in [0.4, 0.5) is 0 Å². The summed E-state index contributed by atoms with van der Waals surface area (Å²) in [5.41, 5.74) is 0. The van der Waals surface area contributed by atoms with Gasteiger partial charge in [0.2, 0.25) is 0 Å². The summed E-state index contributed by atoms with van der Waals surface area (Å²) in [6.45, 7) is 14.3. The largest absolute Gasteiger partial charge is 0.379 e. The number of hydrogen-bond acceptors (Lipinski definition) is 3. The van der Waals surface area contributed by atoms with E-state index < -0.39 is 0 Å². The smallest absolute Gasteiger partial charge is 0.152 e. The standard InChI is InChI=1S/C25H52NO.HNO2/c1-4-5-6-7-8-9-10-11-12-13-14-15-16-17-19-26(20-18-25(2)3)21-23-27-24-22-26;2-1-3/h25H,4-24H2,1-3H3;(H,2,3)/q+1;. The van der Waals surface area contributed by atoms with E-state index in [9.17, 15) is 0 Å². The zero-order valence-corrected chi connectivity index (χ0v) is 20.6. The number of ether oxygens (including phenoxy) is 1. The Morgan fingerprint density at radius 2 is 1.17 bits per heavy atom. The van der Waals surface area contributed by atoms with Crippen LogP contribution in [0.15, 0.2) is 5.34 Å². The first-order valence-electron chi connectivity index (χ1n) is 13.0. The zero-order chi connectivity index (χ0) is 22.3. The third kappa shape index (κ3) is 18.1. The lowest BCUT2D eigenvalue weighted by atomic mass is 10.0. The molecular formula is C25H53N2O3+. The van der Waals surface area contributed by atoms with Crippen molar-refractivity contribution in [2.45, 2.75) is 117 Å². The first kappa shape index (κ1) is 29.3. The molecule has 1 rings (SSSR count).